The van der Waals surface area contributed by atoms with Gasteiger partial charge in [-0.25, -0.2) is 0 Å². The first kappa shape index (κ1) is 7.66. The first-order chi connectivity index (χ1) is 5.83. The quantitative estimate of drug-likeness (QED) is 0.570. The molecule has 1 heterocycles. The maximum Gasteiger partial charge on any atom is 0.0568 e. The standard InChI is InChI=1S/C11H15N/c1-3-9-8-12(2)11-7-5-4-6-10(9)11/h4-8,10-11H,3H2,1-2H3. The zero-order valence-electron chi connectivity index (χ0n) is 7.70. The van der Waals surface area contributed by atoms with Crippen molar-refractivity contribution >= 4 is 0 Å². The molecular weight excluding hydrogens is 146 g/mol. The van der Waals surface area contributed by atoms with Gasteiger partial charge in [-0.15, -0.1) is 0 Å². The van der Waals surface area contributed by atoms with Crippen LogP contribution in [0.3, 0.4) is 0 Å². The molecule has 0 saturated carbocycles. The molecule has 1 nitrogen and oxygen atoms in total. The van der Waals surface area contributed by atoms with Gasteiger partial charge in [0.15, 0.2) is 0 Å². The fraction of sp³-hybridized carbons (Fsp3) is 0.455. The lowest BCUT2D eigenvalue weighted by molar-refractivity contribution is 0.378. The molecule has 0 N–H and O–H groups in total. The molecule has 1 aliphatic heterocycles. The van der Waals surface area contributed by atoms with E-state index in [0.29, 0.717) is 12.0 Å². The number of hydrogen-bond donors (Lipinski definition) is 0. The normalized spacial score (nSPS) is 32.2. The Morgan fingerprint density at radius 1 is 1.33 bits per heavy atom. The molecule has 64 valence electrons. The molecule has 0 aromatic carbocycles. The average molecular weight is 161 g/mol. The molecule has 0 saturated heterocycles. The van der Waals surface area contributed by atoms with Gasteiger partial charge in [-0.1, -0.05) is 31.2 Å². The van der Waals surface area contributed by atoms with Crippen molar-refractivity contribution in [3.8, 4) is 0 Å². The SMILES string of the molecule is CCC1=CN(C)C2C=CC=CC12. The topological polar surface area (TPSA) is 3.24 Å². The van der Waals surface area contributed by atoms with Crippen LogP contribution in [0.2, 0.25) is 0 Å². The summed E-state index contributed by atoms with van der Waals surface area (Å²) in [5.74, 6) is 0.644. The Morgan fingerprint density at radius 3 is 2.83 bits per heavy atom. The second-order valence-electron chi connectivity index (χ2n) is 3.51. The van der Waals surface area contributed by atoms with Crippen molar-refractivity contribution in [3.05, 3.63) is 36.1 Å². The maximum absolute atomic E-state index is 2.31. The molecule has 1 heteroatoms. The summed E-state index contributed by atoms with van der Waals surface area (Å²) in [6, 6.07) is 0.588. The van der Waals surface area contributed by atoms with Crippen LogP contribution in [-0.2, 0) is 0 Å². The average Bonchev–Trinajstić information content (AvgIpc) is 2.44. The smallest absolute Gasteiger partial charge is 0.0568 e. The van der Waals surface area contributed by atoms with Crippen LogP contribution in [0.1, 0.15) is 13.3 Å². The van der Waals surface area contributed by atoms with Gasteiger partial charge in [0.1, 0.15) is 0 Å². The van der Waals surface area contributed by atoms with Crippen molar-refractivity contribution < 1.29 is 0 Å². The number of fused-ring (bicyclic) bond motifs is 1. The third kappa shape index (κ3) is 1.01. The molecule has 2 atom stereocenters. The molecule has 2 aliphatic rings. The monoisotopic (exact) mass is 161 g/mol. The van der Waals surface area contributed by atoms with Gasteiger partial charge in [-0.3, -0.25) is 0 Å². The number of allylic oxidation sites excluding steroid dienone is 2. The van der Waals surface area contributed by atoms with Crippen LogP contribution in [0.4, 0.5) is 0 Å². The summed E-state index contributed by atoms with van der Waals surface area (Å²) in [4.78, 5) is 2.31. The van der Waals surface area contributed by atoms with E-state index in [1.807, 2.05) is 0 Å². The van der Waals surface area contributed by atoms with Crippen molar-refractivity contribution in [2.75, 3.05) is 7.05 Å². The highest BCUT2D eigenvalue weighted by Gasteiger charge is 2.29. The van der Waals surface area contributed by atoms with Crippen LogP contribution < -0.4 is 0 Å². The second-order valence-corrected chi connectivity index (χ2v) is 3.51. The van der Waals surface area contributed by atoms with Crippen molar-refractivity contribution in [1.29, 1.82) is 0 Å². The molecule has 0 aromatic rings. The van der Waals surface area contributed by atoms with Gasteiger partial charge >= 0.3 is 0 Å². The number of likely N-dealkylation sites (N-methyl/N-ethyl adjacent to an activating group) is 1. The first-order valence-corrected chi connectivity index (χ1v) is 4.60. The third-order valence-electron chi connectivity index (χ3n) is 2.78. The Morgan fingerprint density at radius 2 is 2.08 bits per heavy atom. The van der Waals surface area contributed by atoms with Crippen LogP contribution in [0.5, 0.6) is 0 Å². The number of nitrogens with zero attached hydrogens (tertiary/aromatic N) is 1. The number of hydrogen-bond acceptors (Lipinski definition) is 1. The van der Waals surface area contributed by atoms with Crippen LogP contribution in [0.15, 0.2) is 36.1 Å². The van der Waals surface area contributed by atoms with Gasteiger partial charge in [0.05, 0.1) is 6.04 Å². The molecule has 0 amide bonds. The van der Waals surface area contributed by atoms with Gasteiger partial charge in [-0.2, -0.15) is 0 Å². The molecule has 2 rings (SSSR count). The van der Waals surface area contributed by atoms with E-state index in [1.54, 1.807) is 5.57 Å². The van der Waals surface area contributed by atoms with E-state index in [1.165, 1.54) is 6.42 Å². The highest BCUT2D eigenvalue weighted by molar-refractivity contribution is 5.31. The Hall–Kier alpha value is -0.980. The Balaban J connectivity index is 2.26. The maximum atomic E-state index is 2.31. The molecule has 0 fully saturated rings. The summed E-state index contributed by atoms with van der Waals surface area (Å²) < 4.78 is 0. The minimum Gasteiger partial charge on any atom is -0.373 e. The molecule has 12 heavy (non-hydrogen) atoms. The lowest BCUT2D eigenvalue weighted by Gasteiger charge is -2.24. The molecule has 2 unspecified atom stereocenters. The molecule has 0 aromatic heterocycles. The van der Waals surface area contributed by atoms with Crippen LogP contribution in [0, 0.1) is 5.92 Å². The minimum absolute atomic E-state index is 0.588. The highest BCUT2D eigenvalue weighted by atomic mass is 15.1. The molecule has 0 bridgehead atoms. The second kappa shape index (κ2) is 2.81. The van der Waals surface area contributed by atoms with E-state index in [2.05, 4.69) is 49.4 Å². The zero-order chi connectivity index (χ0) is 8.55. The van der Waals surface area contributed by atoms with Crippen molar-refractivity contribution in [2.45, 2.75) is 19.4 Å². The minimum atomic E-state index is 0.588. The third-order valence-corrected chi connectivity index (χ3v) is 2.78. The molecular formula is C11H15N. The Bertz CT molecular complexity index is 260. The van der Waals surface area contributed by atoms with Gasteiger partial charge in [0, 0.05) is 13.0 Å². The van der Waals surface area contributed by atoms with Crippen LogP contribution in [0.25, 0.3) is 0 Å². The van der Waals surface area contributed by atoms with Crippen molar-refractivity contribution in [2.24, 2.45) is 5.92 Å². The lowest BCUT2D eigenvalue weighted by atomic mass is 9.90. The summed E-state index contributed by atoms with van der Waals surface area (Å²) in [6.45, 7) is 2.23. The van der Waals surface area contributed by atoms with Gasteiger partial charge in [-0.05, 0) is 18.2 Å². The first-order valence-electron chi connectivity index (χ1n) is 4.60. The van der Waals surface area contributed by atoms with E-state index in [-0.39, 0.29) is 0 Å². The molecule has 0 spiro atoms. The fourth-order valence-corrected chi connectivity index (χ4v) is 2.09. The Kier molecular flexibility index (Phi) is 1.80. The van der Waals surface area contributed by atoms with Gasteiger partial charge in [0.2, 0.25) is 0 Å². The fourth-order valence-electron chi connectivity index (χ4n) is 2.09. The van der Waals surface area contributed by atoms with Crippen molar-refractivity contribution in [1.82, 2.24) is 4.90 Å². The Labute approximate surface area is 74.1 Å². The number of rotatable bonds is 1. The zero-order valence-corrected chi connectivity index (χ0v) is 7.70. The van der Waals surface area contributed by atoms with Gasteiger partial charge in [0.25, 0.3) is 0 Å². The van der Waals surface area contributed by atoms with Crippen LogP contribution in [-0.4, -0.2) is 18.0 Å². The summed E-state index contributed by atoms with van der Waals surface area (Å²) in [7, 11) is 2.16. The van der Waals surface area contributed by atoms with E-state index >= 15 is 0 Å². The van der Waals surface area contributed by atoms with Gasteiger partial charge < -0.3 is 4.90 Å². The highest BCUT2D eigenvalue weighted by Crippen LogP contribution is 2.32. The molecule has 0 radical (unpaired) electrons. The summed E-state index contributed by atoms with van der Waals surface area (Å²) in [5.41, 5.74) is 1.56. The summed E-state index contributed by atoms with van der Waals surface area (Å²) >= 11 is 0. The molecule has 1 aliphatic carbocycles. The predicted molar refractivity (Wildman–Crippen MR) is 51.7 cm³/mol. The summed E-state index contributed by atoms with van der Waals surface area (Å²) in [6.07, 6.45) is 12.3. The van der Waals surface area contributed by atoms with E-state index in [0.717, 1.165) is 0 Å². The predicted octanol–water partition coefficient (Wildman–Crippen LogP) is 2.34. The van der Waals surface area contributed by atoms with E-state index < -0.39 is 0 Å². The summed E-state index contributed by atoms with van der Waals surface area (Å²) in [5, 5.41) is 0. The lowest BCUT2D eigenvalue weighted by Crippen LogP contribution is -2.27. The van der Waals surface area contributed by atoms with Crippen LogP contribution >= 0.6 is 0 Å². The largest absolute Gasteiger partial charge is 0.373 e. The van der Waals surface area contributed by atoms with E-state index in [4.69, 9.17) is 0 Å². The van der Waals surface area contributed by atoms with Crippen molar-refractivity contribution in [3.63, 3.8) is 0 Å². The van der Waals surface area contributed by atoms with E-state index in [9.17, 15) is 0 Å².